The quantitative estimate of drug-likeness (QED) is 0.545. The van der Waals surface area contributed by atoms with E-state index in [2.05, 4.69) is 25.2 Å². The fraction of sp³-hybridized carbons (Fsp3) is 0.500. The third-order valence-corrected chi connectivity index (χ3v) is 7.00. The topological polar surface area (TPSA) is 64.6 Å². The normalized spacial score (nSPS) is 15.1. The number of hydrogen-bond donors (Lipinski definition) is 1. The van der Waals surface area contributed by atoms with Crippen LogP contribution in [0, 0.1) is 0 Å². The van der Waals surface area contributed by atoms with Gasteiger partial charge in [0, 0.05) is 4.88 Å². The van der Waals surface area contributed by atoms with Crippen LogP contribution in [0.2, 0.25) is 0 Å². The Morgan fingerprint density at radius 3 is 2.57 bits per heavy atom. The lowest BCUT2D eigenvalue weighted by molar-refractivity contribution is -0.122. The van der Waals surface area contributed by atoms with Gasteiger partial charge in [0.15, 0.2) is 6.10 Å². The Bertz CT molecular complexity index is 905. The second-order valence-corrected chi connectivity index (χ2v) is 8.86. The number of methoxy groups -OCH3 is 1. The molecule has 0 spiro atoms. The van der Waals surface area contributed by atoms with E-state index in [0.717, 1.165) is 49.0 Å². The molecular formula is C24H31NO4S. The number of carbonyl (C=O) groups is 2. The second-order valence-electron chi connectivity index (χ2n) is 7.76. The van der Waals surface area contributed by atoms with Crippen LogP contribution >= 0.6 is 11.3 Å². The summed E-state index contributed by atoms with van der Waals surface area (Å²) in [4.78, 5) is 26.7. The Kier molecular flexibility index (Phi) is 7.53. The lowest BCUT2D eigenvalue weighted by atomic mass is 9.95. The molecule has 1 N–H and O–H groups in total. The second kappa shape index (κ2) is 10.1. The Morgan fingerprint density at radius 1 is 1.13 bits per heavy atom. The number of para-hydroxylation sites is 1. The van der Waals surface area contributed by atoms with Crippen LogP contribution in [0.4, 0.5) is 5.00 Å². The van der Waals surface area contributed by atoms with Crippen molar-refractivity contribution in [1.29, 1.82) is 0 Å². The minimum atomic E-state index is -0.639. The van der Waals surface area contributed by atoms with Crippen LogP contribution in [0.3, 0.4) is 0 Å². The van der Waals surface area contributed by atoms with Gasteiger partial charge in [0.1, 0.15) is 10.8 Å². The smallest absolute Gasteiger partial charge is 0.341 e. The summed E-state index contributed by atoms with van der Waals surface area (Å²) in [6, 6.07) is 7.89. The van der Waals surface area contributed by atoms with Crippen molar-refractivity contribution in [1.82, 2.24) is 0 Å². The van der Waals surface area contributed by atoms with E-state index in [4.69, 9.17) is 9.47 Å². The van der Waals surface area contributed by atoms with E-state index >= 15 is 0 Å². The summed E-state index contributed by atoms with van der Waals surface area (Å²) in [6.45, 7) is 6.22. The van der Waals surface area contributed by atoms with Crippen LogP contribution in [0.25, 0.3) is 0 Å². The number of anilines is 1. The van der Waals surface area contributed by atoms with Crippen molar-refractivity contribution in [2.24, 2.45) is 0 Å². The highest BCUT2D eigenvalue weighted by Gasteiger charge is 2.29. The lowest BCUT2D eigenvalue weighted by Gasteiger charge is -2.21. The van der Waals surface area contributed by atoms with Crippen LogP contribution < -0.4 is 10.1 Å². The number of esters is 1. The molecule has 1 aliphatic carbocycles. The molecule has 0 saturated carbocycles. The Hall–Kier alpha value is -2.34. The van der Waals surface area contributed by atoms with Gasteiger partial charge < -0.3 is 14.8 Å². The zero-order valence-electron chi connectivity index (χ0n) is 18.2. The summed E-state index contributed by atoms with van der Waals surface area (Å²) >= 11 is 1.49. The molecule has 1 aromatic carbocycles. The fourth-order valence-electron chi connectivity index (χ4n) is 3.85. The van der Waals surface area contributed by atoms with Crippen LogP contribution in [-0.4, -0.2) is 25.1 Å². The van der Waals surface area contributed by atoms with Crippen molar-refractivity contribution in [3.8, 4) is 5.75 Å². The number of nitrogens with one attached hydrogen (secondary N) is 1. The third kappa shape index (κ3) is 4.69. The number of hydrogen-bond acceptors (Lipinski definition) is 5. The SMILES string of the molecule is CCC(Oc1ccccc1C(C)CC)C(=O)Nc1sc2c(c1C(=O)OC)CCCC2. The molecule has 0 saturated heterocycles. The van der Waals surface area contributed by atoms with Crippen molar-refractivity contribution in [2.75, 3.05) is 12.4 Å². The van der Waals surface area contributed by atoms with Crippen molar-refractivity contribution in [2.45, 2.75) is 71.3 Å². The summed E-state index contributed by atoms with van der Waals surface area (Å²) in [5.74, 6) is 0.463. The predicted octanol–water partition coefficient (Wildman–Crippen LogP) is 5.72. The number of ether oxygens (including phenoxy) is 2. The van der Waals surface area contributed by atoms with Gasteiger partial charge in [-0.1, -0.05) is 39.0 Å². The Labute approximate surface area is 182 Å². The van der Waals surface area contributed by atoms with Gasteiger partial charge in [0.05, 0.1) is 12.7 Å². The molecule has 1 aromatic heterocycles. The molecule has 0 radical (unpaired) electrons. The standard InChI is InChI=1S/C24H31NO4S/c1-5-15(3)16-11-7-9-13-19(16)29-18(6-2)22(26)25-23-21(24(27)28-4)17-12-8-10-14-20(17)30-23/h7,9,11,13,15,18H,5-6,8,10,12,14H2,1-4H3,(H,25,26). The number of carbonyl (C=O) groups excluding carboxylic acids is 2. The molecule has 6 heteroatoms. The maximum Gasteiger partial charge on any atom is 0.341 e. The summed E-state index contributed by atoms with van der Waals surface area (Å²) in [5, 5.41) is 3.55. The first-order valence-corrected chi connectivity index (χ1v) is 11.6. The molecular weight excluding hydrogens is 398 g/mol. The molecule has 1 aliphatic rings. The number of aryl methyl sites for hydroxylation is 1. The van der Waals surface area contributed by atoms with Gasteiger partial charge >= 0.3 is 5.97 Å². The average molecular weight is 430 g/mol. The summed E-state index contributed by atoms with van der Waals surface area (Å²) in [5.41, 5.74) is 2.65. The van der Waals surface area contributed by atoms with Gasteiger partial charge in [-0.3, -0.25) is 4.79 Å². The van der Waals surface area contributed by atoms with E-state index in [9.17, 15) is 9.59 Å². The van der Waals surface area contributed by atoms with Crippen LogP contribution in [0.1, 0.15) is 78.7 Å². The average Bonchev–Trinajstić information content (AvgIpc) is 3.14. The van der Waals surface area contributed by atoms with Gasteiger partial charge in [-0.15, -0.1) is 11.3 Å². The summed E-state index contributed by atoms with van der Waals surface area (Å²) < 4.78 is 11.2. The minimum Gasteiger partial charge on any atom is -0.480 e. The molecule has 5 nitrogen and oxygen atoms in total. The first-order chi connectivity index (χ1) is 14.5. The van der Waals surface area contributed by atoms with E-state index in [1.165, 1.54) is 23.3 Å². The van der Waals surface area contributed by atoms with Crippen LogP contribution in [0.5, 0.6) is 5.75 Å². The highest BCUT2D eigenvalue weighted by Crippen LogP contribution is 2.39. The van der Waals surface area contributed by atoms with Gasteiger partial charge in [0.2, 0.25) is 0 Å². The van der Waals surface area contributed by atoms with Crippen molar-refractivity contribution < 1.29 is 19.1 Å². The number of benzene rings is 1. The summed E-state index contributed by atoms with van der Waals surface area (Å²) in [6.07, 6.45) is 4.83. The molecule has 2 atom stereocenters. The molecule has 1 heterocycles. The zero-order valence-corrected chi connectivity index (χ0v) is 19.1. The maximum absolute atomic E-state index is 13.1. The molecule has 1 amide bonds. The number of amides is 1. The van der Waals surface area contributed by atoms with Crippen molar-refractivity contribution in [3.05, 3.63) is 45.8 Å². The van der Waals surface area contributed by atoms with E-state index in [1.54, 1.807) is 0 Å². The van der Waals surface area contributed by atoms with E-state index in [0.29, 0.717) is 22.9 Å². The molecule has 3 rings (SSSR count). The highest BCUT2D eigenvalue weighted by molar-refractivity contribution is 7.17. The first kappa shape index (κ1) is 22.3. The highest BCUT2D eigenvalue weighted by atomic mass is 32.1. The molecule has 0 fully saturated rings. The van der Waals surface area contributed by atoms with Gasteiger partial charge in [-0.2, -0.15) is 0 Å². The maximum atomic E-state index is 13.1. The van der Waals surface area contributed by atoms with E-state index in [1.807, 2.05) is 25.1 Å². The molecule has 0 bridgehead atoms. The van der Waals surface area contributed by atoms with E-state index < -0.39 is 6.10 Å². The fourth-order valence-corrected chi connectivity index (χ4v) is 5.14. The molecule has 2 unspecified atom stereocenters. The van der Waals surface area contributed by atoms with E-state index in [-0.39, 0.29) is 11.9 Å². The van der Waals surface area contributed by atoms with Gasteiger partial charge in [-0.25, -0.2) is 4.79 Å². The monoisotopic (exact) mass is 429 g/mol. The summed E-state index contributed by atoms with van der Waals surface area (Å²) in [7, 11) is 1.38. The Morgan fingerprint density at radius 2 is 1.87 bits per heavy atom. The largest absolute Gasteiger partial charge is 0.480 e. The van der Waals surface area contributed by atoms with Crippen molar-refractivity contribution >= 4 is 28.2 Å². The minimum absolute atomic E-state index is 0.236. The van der Waals surface area contributed by atoms with Crippen molar-refractivity contribution in [3.63, 3.8) is 0 Å². The number of rotatable bonds is 8. The third-order valence-electron chi connectivity index (χ3n) is 5.79. The number of fused-ring (bicyclic) bond motifs is 1. The lowest BCUT2D eigenvalue weighted by Crippen LogP contribution is -2.33. The van der Waals surface area contributed by atoms with Gasteiger partial charge in [-0.05, 0) is 61.6 Å². The molecule has 30 heavy (non-hydrogen) atoms. The van der Waals surface area contributed by atoms with Gasteiger partial charge in [0.25, 0.3) is 5.91 Å². The van der Waals surface area contributed by atoms with Crippen LogP contribution in [-0.2, 0) is 22.4 Å². The Balaban J connectivity index is 1.83. The zero-order chi connectivity index (χ0) is 21.7. The molecule has 0 aliphatic heterocycles. The molecule has 162 valence electrons. The molecule has 2 aromatic rings. The first-order valence-electron chi connectivity index (χ1n) is 10.8. The van der Waals surface area contributed by atoms with Crippen LogP contribution in [0.15, 0.2) is 24.3 Å². The number of thiophene rings is 1. The predicted molar refractivity (Wildman–Crippen MR) is 121 cm³/mol.